The summed E-state index contributed by atoms with van der Waals surface area (Å²) in [6.45, 7) is 6.99. The van der Waals surface area contributed by atoms with Gasteiger partial charge in [-0.25, -0.2) is 4.98 Å². The molecule has 1 atom stereocenters. The molecule has 2 aliphatic rings. The van der Waals surface area contributed by atoms with Crippen LogP contribution >= 0.6 is 0 Å². The lowest BCUT2D eigenvalue weighted by atomic mass is 9.98. The third kappa shape index (κ3) is 3.39. The van der Waals surface area contributed by atoms with Crippen LogP contribution in [0.25, 0.3) is 0 Å². The number of rotatable bonds is 4. The van der Waals surface area contributed by atoms with Crippen molar-refractivity contribution >= 4 is 0 Å². The number of nitrogens with one attached hydrogen (secondary N) is 1. The van der Waals surface area contributed by atoms with Gasteiger partial charge in [-0.15, -0.1) is 0 Å². The minimum atomic E-state index is 0.00984. The van der Waals surface area contributed by atoms with Crippen LogP contribution in [0.2, 0.25) is 0 Å². The van der Waals surface area contributed by atoms with Crippen molar-refractivity contribution in [3.63, 3.8) is 0 Å². The first-order chi connectivity index (χ1) is 12.1. The van der Waals surface area contributed by atoms with E-state index in [1.54, 1.807) is 0 Å². The predicted octanol–water partition coefficient (Wildman–Crippen LogP) is 2.04. The average molecular weight is 341 g/mol. The second-order valence-corrected chi connectivity index (χ2v) is 7.06. The number of aromatic nitrogens is 2. The van der Waals surface area contributed by atoms with Gasteiger partial charge in [-0.1, -0.05) is 13.0 Å². The van der Waals surface area contributed by atoms with Crippen LogP contribution in [0.1, 0.15) is 29.6 Å². The number of benzene rings is 1. The molecule has 0 spiro atoms. The standard InChI is InChI=1S/C19H23N3O3/c1-12(7-14-3-4-17-18(8-14)25-11-24-17)9-22-6-5-16-15(10-22)19(23)21-13(2)20-16/h3-4,8,12H,5-7,9-11H2,1-2H3,(H,20,21,23)/t12-/m0/s1. The highest BCUT2D eigenvalue weighted by Crippen LogP contribution is 2.33. The molecule has 1 aromatic carbocycles. The second kappa shape index (κ2) is 6.52. The summed E-state index contributed by atoms with van der Waals surface area (Å²) in [6, 6.07) is 6.16. The van der Waals surface area contributed by atoms with Gasteiger partial charge in [0.1, 0.15) is 5.82 Å². The van der Waals surface area contributed by atoms with E-state index < -0.39 is 0 Å². The van der Waals surface area contributed by atoms with Crippen molar-refractivity contribution in [1.82, 2.24) is 14.9 Å². The zero-order chi connectivity index (χ0) is 17.4. The maximum atomic E-state index is 12.2. The van der Waals surface area contributed by atoms with E-state index in [9.17, 15) is 4.79 Å². The number of hydrogen-bond donors (Lipinski definition) is 1. The van der Waals surface area contributed by atoms with Crippen LogP contribution in [-0.2, 0) is 19.4 Å². The van der Waals surface area contributed by atoms with E-state index in [2.05, 4.69) is 33.9 Å². The molecule has 0 radical (unpaired) electrons. The van der Waals surface area contributed by atoms with Crippen molar-refractivity contribution < 1.29 is 9.47 Å². The number of nitrogens with zero attached hydrogens (tertiary/aromatic N) is 2. The van der Waals surface area contributed by atoms with Crippen molar-refractivity contribution in [3.05, 3.63) is 51.2 Å². The highest BCUT2D eigenvalue weighted by molar-refractivity contribution is 5.44. The number of fused-ring (bicyclic) bond motifs is 2. The lowest BCUT2D eigenvalue weighted by molar-refractivity contribution is 0.174. The van der Waals surface area contributed by atoms with Crippen molar-refractivity contribution in [2.45, 2.75) is 33.2 Å². The molecular weight excluding hydrogens is 318 g/mol. The molecule has 2 aromatic rings. The fourth-order valence-electron chi connectivity index (χ4n) is 3.74. The molecule has 3 heterocycles. The summed E-state index contributed by atoms with van der Waals surface area (Å²) in [7, 11) is 0. The molecule has 0 aliphatic carbocycles. The van der Waals surface area contributed by atoms with Gasteiger partial charge in [0.2, 0.25) is 6.79 Å². The molecule has 0 bridgehead atoms. The van der Waals surface area contributed by atoms with E-state index in [0.717, 1.165) is 48.7 Å². The van der Waals surface area contributed by atoms with Gasteiger partial charge in [-0.2, -0.15) is 0 Å². The third-order valence-corrected chi connectivity index (χ3v) is 4.86. The summed E-state index contributed by atoms with van der Waals surface area (Å²) in [5, 5.41) is 0. The van der Waals surface area contributed by atoms with E-state index in [0.29, 0.717) is 25.1 Å². The Labute approximate surface area is 146 Å². The lowest BCUT2D eigenvalue weighted by Crippen LogP contribution is -2.38. The Morgan fingerprint density at radius 3 is 3.04 bits per heavy atom. The zero-order valence-corrected chi connectivity index (χ0v) is 14.7. The predicted molar refractivity (Wildman–Crippen MR) is 94.0 cm³/mol. The van der Waals surface area contributed by atoms with Crippen LogP contribution in [0.3, 0.4) is 0 Å². The quantitative estimate of drug-likeness (QED) is 0.922. The maximum absolute atomic E-state index is 12.2. The summed E-state index contributed by atoms with van der Waals surface area (Å²) in [5.74, 6) is 2.85. The number of aryl methyl sites for hydroxylation is 1. The highest BCUT2D eigenvalue weighted by atomic mass is 16.7. The van der Waals surface area contributed by atoms with Crippen LogP contribution < -0.4 is 15.0 Å². The molecule has 4 rings (SSSR count). The Balaban J connectivity index is 1.40. The molecule has 0 saturated carbocycles. The SMILES string of the molecule is Cc1nc2c(c(=O)[nH]1)CN(C[C@@H](C)Cc1ccc3c(c1)OCO3)CC2. The molecule has 1 aromatic heterocycles. The lowest BCUT2D eigenvalue weighted by Gasteiger charge is -2.30. The van der Waals surface area contributed by atoms with Crippen LogP contribution in [0, 0.1) is 12.8 Å². The molecule has 1 N–H and O–H groups in total. The molecule has 0 saturated heterocycles. The minimum Gasteiger partial charge on any atom is -0.454 e. The third-order valence-electron chi connectivity index (χ3n) is 4.86. The molecule has 6 nitrogen and oxygen atoms in total. The summed E-state index contributed by atoms with van der Waals surface area (Å²) in [5.41, 5.74) is 3.05. The van der Waals surface area contributed by atoms with Gasteiger partial charge in [-0.3, -0.25) is 9.69 Å². The summed E-state index contributed by atoms with van der Waals surface area (Å²) in [6.07, 6.45) is 1.82. The Morgan fingerprint density at radius 2 is 2.16 bits per heavy atom. The zero-order valence-electron chi connectivity index (χ0n) is 14.7. The van der Waals surface area contributed by atoms with Gasteiger partial charge in [-0.05, 0) is 37.0 Å². The Morgan fingerprint density at radius 1 is 1.32 bits per heavy atom. The van der Waals surface area contributed by atoms with Crippen molar-refractivity contribution in [2.75, 3.05) is 19.9 Å². The van der Waals surface area contributed by atoms with Crippen LogP contribution in [0.5, 0.6) is 11.5 Å². The topological polar surface area (TPSA) is 67.5 Å². The second-order valence-electron chi connectivity index (χ2n) is 7.06. The van der Waals surface area contributed by atoms with Gasteiger partial charge >= 0.3 is 0 Å². The molecule has 25 heavy (non-hydrogen) atoms. The number of H-pyrrole nitrogens is 1. The smallest absolute Gasteiger partial charge is 0.255 e. The van der Waals surface area contributed by atoms with Crippen molar-refractivity contribution in [3.8, 4) is 11.5 Å². The highest BCUT2D eigenvalue weighted by Gasteiger charge is 2.22. The van der Waals surface area contributed by atoms with Gasteiger partial charge in [0.15, 0.2) is 11.5 Å². The van der Waals surface area contributed by atoms with Crippen LogP contribution in [-0.4, -0.2) is 34.8 Å². The average Bonchev–Trinajstić information content (AvgIpc) is 3.03. The normalized spacial score (nSPS) is 17.4. The number of ether oxygens (including phenoxy) is 2. The van der Waals surface area contributed by atoms with Crippen LogP contribution in [0.15, 0.2) is 23.0 Å². The summed E-state index contributed by atoms with van der Waals surface area (Å²) >= 11 is 0. The molecule has 6 heteroatoms. The molecule has 132 valence electrons. The number of hydrogen-bond acceptors (Lipinski definition) is 5. The summed E-state index contributed by atoms with van der Waals surface area (Å²) in [4.78, 5) is 21.8. The van der Waals surface area contributed by atoms with Gasteiger partial charge in [0.25, 0.3) is 5.56 Å². The fourth-order valence-corrected chi connectivity index (χ4v) is 3.74. The first-order valence-electron chi connectivity index (χ1n) is 8.78. The van der Waals surface area contributed by atoms with E-state index in [1.807, 2.05) is 13.0 Å². The maximum Gasteiger partial charge on any atom is 0.255 e. The number of aromatic amines is 1. The molecule has 0 fully saturated rings. The van der Waals surface area contributed by atoms with Crippen LogP contribution in [0.4, 0.5) is 0 Å². The van der Waals surface area contributed by atoms with E-state index >= 15 is 0 Å². The molecular formula is C19H23N3O3. The Hall–Kier alpha value is -2.34. The van der Waals surface area contributed by atoms with Gasteiger partial charge in [0, 0.05) is 26.1 Å². The first kappa shape index (κ1) is 16.1. The van der Waals surface area contributed by atoms with Gasteiger partial charge < -0.3 is 14.5 Å². The van der Waals surface area contributed by atoms with Gasteiger partial charge in [0.05, 0.1) is 11.3 Å². The van der Waals surface area contributed by atoms with Crippen molar-refractivity contribution in [1.29, 1.82) is 0 Å². The Bertz CT molecular complexity index is 846. The summed E-state index contributed by atoms with van der Waals surface area (Å²) < 4.78 is 10.8. The molecule has 0 amide bonds. The van der Waals surface area contributed by atoms with E-state index in [1.165, 1.54) is 5.56 Å². The largest absolute Gasteiger partial charge is 0.454 e. The minimum absolute atomic E-state index is 0.00984. The van der Waals surface area contributed by atoms with E-state index in [4.69, 9.17) is 9.47 Å². The first-order valence-corrected chi connectivity index (χ1v) is 8.78. The Kier molecular flexibility index (Phi) is 4.21. The fraction of sp³-hybridized carbons (Fsp3) is 0.474. The molecule has 2 aliphatic heterocycles. The van der Waals surface area contributed by atoms with Crippen molar-refractivity contribution in [2.24, 2.45) is 5.92 Å². The monoisotopic (exact) mass is 341 g/mol. The van der Waals surface area contributed by atoms with E-state index in [-0.39, 0.29) is 5.56 Å². The molecule has 0 unspecified atom stereocenters.